The fraction of sp³-hybridized carbons (Fsp3) is 1.00. The van der Waals surface area contributed by atoms with Gasteiger partial charge in [0, 0.05) is 31.7 Å². The number of nitrogens with zero attached hydrogens (tertiary/aromatic N) is 1. The van der Waals surface area contributed by atoms with Crippen molar-refractivity contribution < 1.29 is 0 Å². The van der Waals surface area contributed by atoms with Crippen LogP contribution in [0.15, 0.2) is 0 Å². The molecular weight excluding hydrogens is 256 g/mol. The van der Waals surface area contributed by atoms with E-state index in [1.807, 2.05) is 0 Å². The number of rotatable bonds is 10. The van der Waals surface area contributed by atoms with Gasteiger partial charge in [-0.1, -0.05) is 13.8 Å². The third-order valence-electron chi connectivity index (χ3n) is 5.48. The standard InChI is InChI=1S/C19H38N2/c1-6-19(7-2,14-20-18(3,4)5)15-21(12-16-8-9-16)13-17-10-11-17/h16-17,20H,6-15H2,1-5H3. The van der Waals surface area contributed by atoms with Crippen molar-refractivity contribution in [1.82, 2.24) is 10.2 Å². The predicted molar refractivity (Wildman–Crippen MR) is 92.7 cm³/mol. The van der Waals surface area contributed by atoms with Gasteiger partial charge in [0.1, 0.15) is 0 Å². The van der Waals surface area contributed by atoms with Crippen LogP contribution in [0.3, 0.4) is 0 Å². The van der Waals surface area contributed by atoms with E-state index in [2.05, 4.69) is 44.8 Å². The SMILES string of the molecule is CCC(CC)(CNC(C)(C)C)CN(CC1CC1)CC1CC1. The summed E-state index contributed by atoms with van der Waals surface area (Å²) in [6, 6.07) is 0. The molecule has 0 spiro atoms. The van der Waals surface area contributed by atoms with Crippen LogP contribution in [0.5, 0.6) is 0 Å². The zero-order chi connectivity index (χ0) is 15.5. The highest BCUT2D eigenvalue weighted by Gasteiger charge is 2.35. The summed E-state index contributed by atoms with van der Waals surface area (Å²) in [6.45, 7) is 16.8. The molecule has 0 aromatic carbocycles. The van der Waals surface area contributed by atoms with Crippen LogP contribution in [0.1, 0.15) is 73.1 Å². The fourth-order valence-corrected chi connectivity index (χ4v) is 3.24. The first-order valence-corrected chi connectivity index (χ1v) is 9.33. The fourth-order valence-electron chi connectivity index (χ4n) is 3.24. The molecule has 0 aromatic rings. The van der Waals surface area contributed by atoms with E-state index in [1.54, 1.807) is 0 Å². The Morgan fingerprint density at radius 3 is 1.71 bits per heavy atom. The van der Waals surface area contributed by atoms with Crippen molar-refractivity contribution in [2.24, 2.45) is 17.3 Å². The van der Waals surface area contributed by atoms with Crippen molar-refractivity contribution in [2.45, 2.75) is 78.7 Å². The molecule has 0 aliphatic heterocycles. The van der Waals surface area contributed by atoms with E-state index in [-0.39, 0.29) is 5.54 Å². The zero-order valence-electron chi connectivity index (χ0n) is 15.2. The first-order valence-electron chi connectivity index (χ1n) is 9.33. The smallest absolute Gasteiger partial charge is 0.00967 e. The van der Waals surface area contributed by atoms with Crippen molar-refractivity contribution >= 4 is 0 Å². The lowest BCUT2D eigenvalue weighted by Gasteiger charge is -2.40. The van der Waals surface area contributed by atoms with E-state index in [0.29, 0.717) is 5.41 Å². The number of hydrogen-bond acceptors (Lipinski definition) is 2. The van der Waals surface area contributed by atoms with E-state index < -0.39 is 0 Å². The lowest BCUT2D eigenvalue weighted by Crippen LogP contribution is -2.49. The second-order valence-corrected chi connectivity index (χ2v) is 8.89. The van der Waals surface area contributed by atoms with Crippen LogP contribution in [0.25, 0.3) is 0 Å². The maximum absolute atomic E-state index is 3.78. The molecular formula is C19H38N2. The minimum Gasteiger partial charge on any atom is -0.311 e. The largest absolute Gasteiger partial charge is 0.311 e. The highest BCUT2D eigenvalue weighted by Crippen LogP contribution is 2.36. The van der Waals surface area contributed by atoms with E-state index in [4.69, 9.17) is 0 Å². The summed E-state index contributed by atoms with van der Waals surface area (Å²) in [5.41, 5.74) is 0.685. The summed E-state index contributed by atoms with van der Waals surface area (Å²) in [5, 5.41) is 3.78. The summed E-state index contributed by atoms with van der Waals surface area (Å²) in [4.78, 5) is 2.83. The van der Waals surface area contributed by atoms with Gasteiger partial charge in [0.05, 0.1) is 0 Å². The van der Waals surface area contributed by atoms with Gasteiger partial charge in [0.15, 0.2) is 0 Å². The maximum atomic E-state index is 3.78. The van der Waals surface area contributed by atoms with Gasteiger partial charge in [0.2, 0.25) is 0 Å². The highest BCUT2D eigenvalue weighted by atomic mass is 15.1. The Morgan fingerprint density at radius 2 is 1.38 bits per heavy atom. The van der Waals surface area contributed by atoms with Crippen LogP contribution in [-0.2, 0) is 0 Å². The molecule has 2 fully saturated rings. The third-order valence-corrected chi connectivity index (χ3v) is 5.48. The van der Waals surface area contributed by atoms with Gasteiger partial charge in [-0.25, -0.2) is 0 Å². The van der Waals surface area contributed by atoms with Gasteiger partial charge < -0.3 is 10.2 Å². The summed E-state index contributed by atoms with van der Waals surface area (Å²) in [7, 11) is 0. The van der Waals surface area contributed by atoms with Gasteiger partial charge >= 0.3 is 0 Å². The molecule has 0 heterocycles. The molecule has 0 atom stereocenters. The Balaban J connectivity index is 1.92. The Kier molecular flexibility index (Phi) is 5.76. The molecule has 124 valence electrons. The Bertz CT molecular complexity index is 292. The number of hydrogen-bond donors (Lipinski definition) is 1. The average molecular weight is 295 g/mol. The molecule has 1 N–H and O–H groups in total. The van der Waals surface area contributed by atoms with Gasteiger partial charge in [0.25, 0.3) is 0 Å². The van der Waals surface area contributed by atoms with Crippen LogP contribution >= 0.6 is 0 Å². The van der Waals surface area contributed by atoms with Crippen LogP contribution in [0.2, 0.25) is 0 Å². The molecule has 2 nitrogen and oxygen atoms in total. The normalized spacial score (nSPS) is 20.3. The first kappa shape index (κ1) is 17.3. The Labute approximate surface area is 133 Å². The van der Waals surface area contributed by atoms with Crippen LogP contribution in [-0.4, -0.2) is 36.6 Å². The quantitative estimate of drug-likeness (QED) is 0.646. The number of nitrogens with one attached hydrogen (secondary N) is 1. The van der Waals surface area contributed by atoms with Crippen molar-refractivity contribution in [3.63, 3.8) is 0 Å². The van der Waals surface area contributed by atoms with Gasteiger partial charge in [-0.3, -0.25) is 0 Å². The van der Waals surface area contributed by atoms with Crippen LogP contribution in [0, 0.1) is 17.3 Å². The van der Waals surface area contributed by atoms with E-state index in [9.17, 15) is 0 Å². The summed E-state index contributed by atoms with van der Waals surface area (Å²) < 4.78 is 0. The van der Waals surface area contributed by atoms with Crippen LogP contribution in [0.4, 0.5) is 0 Å². The second kappa shape index (κ2) is 7.00. The van der Waals surface area contributed by atoms with Gasteiger partial charge in [-0.2, -0.15) is 0 Å². The molecule has 0 bridgehead atoms. The first-order chi connectivity index (χ1) is 9.86. The molecule has 0 amide bonds. The molecule has 2 heteroatoms. The summed E-state index contributed by atoms with van der Waals surface area (Å²) in [6.07, 6.45) is 8.50. The Hall–Kier alpha value is -0.0800. The summed E-state index contributed by atoms with van der Waals surface area (Å²) >= 11 is 0. The maximum Gasteiger partial charge on any atom is 0.00967 e. The predicted octanol–water partition coefficient (Wildman–Crippen LogP) is 4.30. The van der Waals surface area contributed by atoms with Crippen molar-refractivity contribution in [2.75, 3.05) is 26.2 Å². The van der Waals surface area contributed by atoms with E-state index >= 15 is 0 Å². The lowest BCUT2D eigenvalue weighted by molar-refractivity contribution is 0.118. The molecule has 2 aliphatic carbocycles. The van der Waals surface area contributed by atoms with E-state index in [0.717, 1.165) is 18.4 Å². The molecule has 0 unspecified atom stereocenters. The van der Waals surface area contributed by atoms with E-state index in [1.165, 1.54) is 58.2 Å². The van der Waals surface area contributed by atoms with Gasteiger partial charge in [-0.15, -0.1) is 0 Å². The highest BCUT2D eigenvalue weighted by molar-refractivity contribution is 4.89. The van der Waals surface area contributed by atoms with Crippen molar-refractivity contribution in [1.29, 1.82) is 0 Å². The third kappa shape index (κ3) is 6.28. The molecule has 0 radical (unpaired) electrons. The lowest BCUT2D eigenvalue weighted by atomic mass is 9.80. The van der Waals surface area contributed by atoms with Crippen LogP contribution < -0.4 is 5.32 Å². The molecule has 0 aromatic heterocycles. The zero-order valence-corrected chi connectivity index (χ0v) is 15.2. The van der Waals surface area contributed by atoms with Gasteiger partial charge in [-0.05, 0) is 76.5 Å². The monoisotopic (exact) mass is 294 g/mol. The van der Waals surface area contributed by atoms with Crippen molar-refractivity contribution in [3.8, 4) is 0 Å². The topological polar surface area (TPSA) is 15.3 Å². The average Bonchev–Trinajstić information content (AvgIpc) is 3.30. The van der Waals surface area contributed by atoms with Crippen molar-refractivity contribution in [3.05, 3.63) is 0 Å². The minimum atomic E-state index is 0.230. The Morgan fingerprint density at radius 1 is 0.905 bits per heavy atom. The molecule has 2 saturated carbocycles. The molecule has 0 saturated heterocycles. The second-order valence-electron chi connectivity index (χ2n) is 8.89. The molecule has 2 aliphatic rings. The minimum absolute atomic E-state index is 0.230. The summed E-state index contributed by atoms with van der Waals surface area (Å²) in [5.74, 6) is 2.04. The molecule has 2 rings (SSSR count). The molecule has 21 heavy (non-hydrogen) atoms.